The molecule has 1 N–H and O–H groups in total. The van der Waals surface area contributed by atoms with E-state index in [2.05, 4.69) is 27.6 Å². The summed E-state index contributed by atoms with van der Waals surface area (Å²) in [6.45, 7) is 1.50. The summed E-state index contributed by atoms with van der Waals surface area (Å²) in [5.41, 5.74) is 2.10. The van der Waals surface area contributed by atoms with Crippen molar-refractivity contribution in [1.82, 2.24) is 14.8 Å². The van der Waals surface area contributed by atoms with E-state index in [4.69, 9.17) is 0 Å². The molecule has 0 radical (unpaired) electrons. The zero-order chi connectivity index (χ0) is 23.0. The number of carbonyl (C=O) groups excluding carboxylic acids is 2. The normalized spacial score (nSPS) is 10.7. The quantitative estimate of drug-likeness (QED) is 0.255. The third-order valence-electron chi connectivity index (χ3n) is 4.71. The zero-order valence-electron chi connectivity index (χ0n) is 18.0. The molecule has 0 saturated carbocycles. The number of thioether (sulfide) groups is 2. The fourth-order valence-electron chi connectivity index (χ4n) is 3.13. The van der Waals surface area contributed by atoms with Crippen LogP contribution in [0.4, 0.5) is 5.69 Å². The number of anilines is 1. The molecule has 4 aromatic rings. The number of nitrogens with one attached hydrogen (secondary N) is 1. The van der Waals surface area contributed by atoms with E-state index in [-0.39, 0.29) is 17.4 Å². The highest BCUT2D eigenvalue weighted by Gasteiger charge is 2.16. The number of rotatable bonds is 9. The van der Waals surface area contributed by atoms with Gasteiger partial charge >= 0.3 is 0 Å². The molecule has 0 atom stereocenters. The van der Waals surface area contributed by atoms with E-state index in [1.54, 1.807) is 36.0 Å². The number of aromatic nitrogens is 3. The lowest BCUT2D eigenvalue weighted by atomic mass is 10.1. The van der Waals surface area contributed by atoms with Crippen molar-refractivity contribution < 1.29 is 9.59 Å². The van der Waals surface area contributed by atoms with Crippen LogP contribution in [0.3, 0.4) is 0 Å². The van der Waals surface area contributed by atoms with E-state index in [0.717, 1.165) is 16.4 Å². The maximum atomic E-state index is 12.6. The third kappa shape index (κ3) is 6.12. The summed E-state index contributed by atoms with van der Waals surface area (Å²) in [5, 5.41) is 12.3. The fraction of sp³-hybridized carbons (Fsp3) is 0.120. The molecule has 0 unspecified atom stereocenters. The van der Waals surface area contributed by atoms with Crippen LogP contribution in [0, 0.1) is 0 Å². The Hall–Kier alpha value is -3.36. The van der Waals surface area contributed by atoms with Crippen LogP contribution in [0.2, 0.25) is 0 Å². The first-order chi connectivity index (χ1) is 16.1. The second-order valence-corrected chi connectivity index (χ2v) is 9.14. The Balaban J connectivity index is 1.47. The van der Waals surface area contributed by atoms with Gasteiger partial charge in [0.15, 0.2) is 10.9 Å². The smallest absolute Gasteiger partial charge is 0.234 e. The second kappa shape index (κ2) is 11.0. The van der Waals surface area contributed by atoms with Gasteiger partial charge in [0, 0.05) is 21.8 Å². The van der Waals surface area contributed by atoms with Crippen LogP contribution in [0.1, 0.15) is 23.1 Å². The minimum absolute atomic E-state index is 0.0441. The summed E-state index contributed by atoms with van der Waals surface area (Å²) < 4.78 is 1.99. The lowest BCUT2D eigenvalue weighted by Crippen LogP contribution is -2.15. The first kappa shape index (κ1) is 22.8. The van der Waals surface area contributed by atoms with Crippen LogP contribution in [0.5, 0.6) is 0 Å². The molecule has 0 aliphatic carbocycles. The number of amides is 1. The van der Waals surface area contributed by atoms with Crippen molar-refractivity contribution in [1.29, 1.82) is 0 Å². The maximum Gasteiger partial charge on any atom is 0.234 e. The highest BCUT2D eigenvalue weighted by molar-refractivity contribution is 7.99. The van der Waals surface area contributed by atoms with Gasteiger partial charge in [0.2, 0.25) is 5.91 Å². The standard InChI is InChI=1S/C25H22N4O2S2/c1-18(30)19-9-8-10-20(15-19)26-24(31)17-33-25-28-27-23(16-32-22-13-6-3-7-14-22)29(25)21-11-4-2-5-12-21/h2-15H,16-17H2,1H3,(H,26,31). The molecule has 0 aliphatic heterocycles. The highest BCUT2D eigenvalue weighted by atomic mass is 32.2. The molecule has 8 heteroatoms. The zero-order valence-corrected chi connectivity index (χ0v) is 19.6. The number of Topliss-reactive ketones (excluding diaryl/α,β-unsaturated/α-hetero) is 1. The van der Waals surface area contributed by atoms with E-state index in [1.807, 2.05) is 53.1 Å². The molecule has 0 aliphatic rings. The average Bonchev–Trinajstić information content (AvgIpc) is 3.25. The number of benzene rings is 3. The summed E-state index contributed by atoms with van der Waals surface area (Å²) in [5.74, 6) is 1.41. The van der Waals surface area contributed by atoms with Crippen molar-refractivity contribution in [3.63, 3.8) is 0 Å². The van der Waals surface area contributed by atoms with Crippen molar-refractivity contribution in [3.05, 3.63) is 96.3 Å². The number of hydrogen-bond donors (Lipinski definition) is 1. The van der Waals surface area contributed by atoms with Crippen molar-refractivity contribution in [3.8, 4) is 5.69 Å². The van der Waals surface area contributed by atoms with E-state index in [0.29, 0.717) is 22.2 Å². The Bertz CT molecular complexity index is 1240. The van der Waals surface area contributed by atoms with Gasteiger partial charge in [-0.15, -0.1) is 22.0 Å². The first-order valence-corrected chi connectivity index (χ1v) is 12.3. The van der Waals surface area contributed by atoms with Gasteiger partial charge in [-0.2, -0.15) is 0 Å². The molecule has 1 heterocycles. The minimum Gasteiger partial charge on any atom is -0.325 e. The third-order valence-corrected chi connectivity index (χ3v) is 6.65. The maximum absolute atomic E-state index is 12.6. The fourth-order valence-corrected chi connectivity index (χ4v) is 4.73. The molecule has 1 aromatic heterocycles. The summed E-state index contributed by atoms with van der Waals surface area (Å²) in [6.07, 6.45) is 0. The molecule has 6 nitrogen and oxygen atoms in total. The molecule has 33 heavy (non-hydrogen) atoms. The Kier molecular flexibility index (Phi) is 7.59. The molecule has 0 saturated heterocycles. The number of para-hydroxylation sites is 1. The Labute approximate surface area is 200 Å². The van der Waals surface area contributed by atoms with Crippen molar-refractivity contribution >= 4 is 40.9 Å². The molecule has 0 fully saturated rings. The highest BCUT2D eigenvalue weighted by Crippen LogP contribution is 2.27. The number of carbonyl (C=O) groups is 2. The number of nitrogens with zero attached hydrogens (tertiary/aromatic N) is 3. The van der Waals surface area contributed by atoms with Crippen molar-refractivity contribution in [2.45, 2.75) is 22.7 Å². The summed E-state index contributed by atoms with van der Waals surface area (Å²) in [6, 6.07) is 26.9. The molecule has 4 rings (SSSR count). The molecule has 166 valence electrons. The lowest BCUT2D eigenvalue weighted by molar-refractivity contribution is -0.113. The van der Waals surface area contributed by atoms with Crippen LogP contribution in [-0.2, 0) is 10.5 Å². The van der Waals surface area contributed by atoms with Gasteiger partial charge < -0.3 is 5.32 Å². The van der Waals surface area contributed by atoms with Gasteiger partial charge in [0.1, 0.15) is 5.82 Å². The predicted octanol–water partition coefficient (Wildman–Crippen LogP) is 5.49. The minimum atomic E-state index is -0.177. The van der Waals surface area contributed by atoms with Crippen LogP contribution < -0.4 is 5.32 Å². The van der Waals surface area contributed by atoms with E-state index in [9.17, 15) is 9.59 Å². The Morgan fingerprint density at radius 2 is 1.61 bits per heavy atom. The van der Waals surface area contributed by atoms with Gasteiger partial charge in [-0.1, -0.05) is 60.3 Å². The van der Waals surface area contributed by atoms with E-state index >= 15 is 0 Å². The van der Waals surface area contributed by atoms with Crippen LogP contribution >= 0.6 is 23.5 Å². The van der Waals surface area contributed by atoms with Gasteiger partial charge in [-0.05, 0) is 43.3 Å². The second-order valence-electron chi connectivity index (χ2n) is 7.15. The molecular formula is C25H22N4O2S2. The van der Waals surface area contributed by atoms with Gasteiger partial charge in [-0.3, -0.25) is 14.2 Å². The lowest BCUT2D eigenvalue weighted by Gasteiger charge is -2.10. The molecule has 1 amide bonds. The van der Waals surface area contributed by atoms with Gasteiger partial charge in [-0.25, -0.2) is 0 Å². The first-order valence-electron chi connectivity index (χ1n) is 10.3. The molecule has 0 spiro atoms. The molecular weight excluding hydrogens is 452 g/mol. The Morgan fingerprint density at radius 1 is 0.879 bits per heavy atom. The van der Waals surface area contributed by atoms with E-state index in [1.165, 1.54) is 18.7 Å². The largest absolute Gasteiger partial charge is 0.325 e. The van der Waals surface area contributed by atoms with E-state index < -0.39 is 0 Å². The average molecular weight is 475 g/mol. The van der Waals surface area contributed by atoms with Crippen molar-refractivity contribution in [2.24, 2.45) is 0 Å². The van der Waals surface area contributed by atoms with Crippen LogP contribution in [-0.4, -0.2) is 32.2 Å². The van der Waals surface area contributed by atoms with Gasteiger partial charge in [0.25, 0.3) is 0 Å². The van der Waals surface area contributed by atoms with Crippen molar-refractivity contribution in [2.75, 3.05) is 11.1 Å². The predicted molar refractivity (Wildman–Crippen MR) is 133 cm³/mol. The van der Waals surface area contributed by atoms with Gasteiger partial charge in [0.05, 0.1) is 11.5 Å². The number of ketones is 1. The SMILES string of the molecule is CC(=O)c1cccc(NC(=O)CSc2nnc(CSc3ccccc3)n2-c2ccccc2)c1. The van der Waals surface area contributed by atoms with Crippen LogP contribution in [0.15, 0.2) is 95.0 Å². The molecule has 0 bridgehead atoms. The number of hydrogen-bond acceptors (Lipinski definition) is 6. The summed E-state index contributed by atoms with van der Waals surface area (Å²) in [7, 11) is 0. The summed E-state index contributed by atoms with van der Waals surface area (Å²) >= 11 is 3.01. The monoisotopic (exact) mass is 474 g/mol. The van der Waals surface area contributed by atoms with Crippen LogP contribution in [0.25, 0.3) is 5.69 Å². The Morgan fingerprint density at radius 3 is 2.33 bits per heavy atom. The molecule has 3 aromatic carbocycles. The summed E-state index contributed by atoms with van der Waals surface area (Å²) in [4.78, 5) is 25.3. The topological polar surface area (TPSA) is 76.9 Å².